The Kier molecular flexibility index (Phi) is 9.08. The van der Waals surface area contributed by atoms with Gasteiger partial charge in [-0.2, -0.15) is 0 Å². The number of nitrogens with zero attached hydrogens (tertiary/aromatic N) is 3. The third-order valence-corrected chi connectivity index (χ3v) is 9.46. The first kappa shape index (κ1) is 30.1. The van der Waals surface area contributed by atoms with Crippen LogP contribution < -0.4 is 9.47 Å². The Balaban J connectivity index is 1.17. The van der Waals surface area contributed by atoms with E-state index < -0.39 is 5.60 Å². The number of likely N-dealkylation sites (tertiary alicyclic amines) is 1. The Morgan fingerprint density at radius 2 is 1.81 bits per heavy atom. The Labute approximate surface area is 260 Å². The largest absolute Gasteiger partial charge is 0.492 e. The number of benzene rings is 2. The Bertz CT molecular complexity index is 1440. The SMILES string of the molecule is CC1(C)CN(CC/C=C2\c3cc(OCCN4CCOCC4)ccc3OCc3ncccc32)CCC1(O)c1ccc(Cl)cc1. The van der Waals surface area contributed by atoms with Crippen LogP contribution in [0, 0.1) is 5.41 Å². The average molecular weight is 604 g/mol. The second-order valence-corrected chi connectivity index (χ2v) is 12.9. The molecule has 2 saturated heterocycles. The molecule has 3 aromatic rings. The van der Waals surface area contributed by atoms with Gasteiger partial charge in [-0.3, -0.25) is 9.88 Å². The summed E-state index contributed by atoms with van der Waals surface area (Å²) in [7, 11) is 0. The smallest absolute Gasteiger partial charge is 0.131 e. The molecule has 7 nitrogen and oxygen atoms in total. The van der Waals surface area contributed by atoms with Crippen LogP contribution in [-0.4, -0.2) is 79.0 Å². The van der Waals surface area contributed by atoms with Crippen LogP contribution in [0.25, 0.3) is 5.57 Å². The van der Waals surface area contributed by atoms with Crippen LogP contribution >= 0.6 is 11.6 Å². The zero-order chi connectivity index (χ0) is 29.9. The quantitative estimate of drug-likeness (QED) is 0.350. The first-order valence-corrected chi connectivity index (χ1v) is 15.8. The van der Waals surface area contributed by atoms with Crippen LogP contribution in [-0.2, 0) is 16.9 Å². The van der Waals surface area contributed by atoms with Crippen molar-refractivity contribution in [3.05, 3.63) is 94.3 Å². The van der Waals surface area contributed by atoms with Gasteiger partial charge in [0, 0.05) is 67.0 Å². The first-order chi connectivity index (χ1) is 20.8. The summed E-state index contributed by atoms with van der Waals surface area (Å²) in [6, 6.07) is 17.9. The van der Waals surface area contributed by atoms with Gasteiger partial charge in [-0.25, -0.2) is 0 Å². The van der Waals surface area contributed by atoms with Crippen LogP contribution in [0.3, 0.4) is 0 Å². The predicted molar refractivity (Wildman–Crippen MR) is 170 cm³/mol. The highest BCUT2D eigenvalue weighted by Crippen LogP contribution is 2.46. The molecule has 1 aromatic heterocycles. The summed E-state index contributed by atoms with van der Waals surface area (Å²) in [5.41, 5.74) is 3.92. The Morgan fingerprint density at radius 1 is 1.00 bits per heavy atom. The molecule has 1 unspecified atom stereocenters. The van der Waals surface area contributed by atoms with Crippen molar-refractivity contribution < 1.29 is 19.3 Å². The summed E-state index contributed by atoms with van der Waals surface area (Å²) < 4.78 is 17.9. The molecular weight excluding hydrogens is 562 g/mol. The maximum Gasteiger partial charge on any atom is 0.131 e. The van der Waals surface area contributed by atoms with E-state index in [1.165, 1.54) is 0 Å². The Hall–Kier alpha value is -2.94. The van der Waals surface area contributed by atoms with E-state index in [1.807, 2.05) is 48.7 Å². The standard InChI is InChI=1S/C35H42ClN3O4/c1-34(2)25-39(16-13-35(34,40)26-7-9-27(36)10-8-26)15-4-6-29-30-5-3-14-37-32(30)24-43-33-12-11-28(23-31(29)33)42-22-19-38-17-20-41-21-18-38/h3,5-12,14,23,40H,4,13,15-22,24-25H2,1-2H3/b29-6-. The lowest BCUT2D eigenvalue weighted by Crippen LogP contribution is -2.55. The number of fused-ring (bicyclic) bond motifs is 2. The lowest BCUT2D eigenvalue weighted by molar-refractivity contribution is -0.125. The number of aromatic nitrogens is 1. The van der Waals surface area contributed by atoms with Gasteiger partial charge in [0.1, 0.15) is 24.7 Å². The molecule has 0 bridgehead atoms. The van der Waals surface area contributed by atoms with E-state index in [9.17, 15) is 5.11 Å². The van der Waals surface area contributed by atoms with Crippen molar-refractivity contribution in [2.75, 3.05) is 59.1 Å². The molecular formula is C35H42ClN3O4. The van der Waals surface area contributed by atoms with Gasteiger partial charge in [-0.05, 0) is 60.4 Å². The summed E-state index contributed by atoms with van der Waals surface area (Å²) in [6.07, 6.45) is 5.68. The number of hydrogen-bond acceptors (Lipinski definition) is 7. The maximum atomic E-state index is 11.8. The molecule has 4 heterocycles. The fraction of sp³-hybridized carbons (Fsp3) is 0.457. The number of hydrogen-bond donors (Lipinski definition) is 1. The fourth-order valence-electron chi connectivity index (χ4n) is 6.63. The summed E-state index contributed by atoms with van der Waals surface area (Å²) >= 11 is 6.13. The van der Waals surface area contributed by atoms with Gasteiger partial charge in [0.25, 0.3) is 0 Å². The molecule has 1 atom stereocenters. The van der Waals surface area contributed by atoms with Crippen molar-refractivity contribution in [1.82, 2.24) is 14.8 Å². The molecule has 0 saturated carbocycles. The second kappa shape index (κ2) is 13.0. The summed E-state index contributed by atoms with van der Waals surface area (Å²) in [5, 5.41) is 12.5. The highest BCUT2D eigenvalue weighted by molar-refractivity contribution is 6.30. The van der Waals surface area contributed by atoms with Crippen molar-refractivity contribution >= 4 is 17.2 Å². The molecule has 1 N–H and O–H groups in total. The van der Waals surface area contributed by atoms with Crippen molar-refractivity contribution in [1.29, 1.82) is 0 Å². The van der Waals surface area contributed by atoms with E-state index in [0.29, 0.717) is 24.7 Å². The van der Waals surface area contributed by atoms with Crippen LogP contribution in [0.2, 0.25) is 5.02 Å². The molecule has 3 aliphatic heterocycles. The van der Waals surface area contributed by atoms with Crippen molar-refractivity contribution in [2.45, 2.75) is 38.9 Å². The predicted octanol–water partition coefficient (Wildman–Crippen LogP) is 5.78. The molecule has 228 valence electrons. The minimum Gasteiger partial charge on any atom is -0.492 e. The molecule has 8 heteroatoms. The number of rotatable bonds is 8. The first-order valence-electron chi connectivity index (χ1n) is 15.4. The third kappa shape index (κ3) is 6.61. The summed E-state index contributed by atoms with van der Waals surface area (Å²) in [4.78, 5) is 9.48. The van der Waals surface area contributed by atoms with Crippen LogP contribution in [0.1, 0.15) is 49.1 Å². The number of pyridine rings is 1. The van der Waals surface area contributed by atoms with Gasteiger partial charge in [-0.1, -0.05) is 49.7 Å². The van der Waals surface area contributed by atoms with Gasteiger partial charge < -0.3 is 24.2 Å². The van der Waals surface area contributed by atoms with E-state index >= 15 is 0 Å². The zero-order valence-corrected chi connectivity index (χ0v) is 26.0. The van der Waals surface area contributed by atoms with Gasteiger partial charge in [0.2, 0.25) is 0 Å². The highest BCUT2D eigenvalue weighted by atomic mass is 35.5. The van der Waals surface area contributed by atoms with E-state index in [2.05, 4.69) is 46.8 Å². The number of halogens is 1. The molecule has 3 aliphatic rings. The molecule has 0 spiro atoms. The van der Waals surface area contributed by atoms with Crippen molar-refractivity contribution in [2.24, 2.45) is 5.41 Å². The molecule has 2 fully saturated rings. The van der Waals surface area contributed by atoms with E-state index in [4.69, 9.17) is 25.8 Å². The number of aliphatic hydroxyl groups is 1. The maximum absolute atomic E-state index is 11.8. The molecule has 0 amide bonds. The molecule has 0 aliphatic carbocycles. The topological polar surface area (TPSA) is 67.3 Å². The zero-order valence-electron chi connectivity index (χ0n) is 25.2. The number of ether oxygens (including phenoxy) is 3. The fourth-order valence-corrected chi connectivity index (χ4v) is 6.76. The third-order valence-electron chi connectivity index (χ3n) is 9.21. The van der Waals surface area contributed by atoms with E-state index in [1.54, 1.807) is 0 Å². The summed E-state index contributed by atoms with van der Waals surface area (Å²) in [6.45, 7) is 12.3. The molecule has 0 radical (unpaired) electrons. The lowest BCUT2D eigenvalue weighted by atomic mass is 9.66. The van der Waals surface area contributed by atoms with E-state index in [0.717, 1.165) is 98.4 Å². The Morgan fingerprint density at radius 3 is 2.60 bits per heavy atom. The van der Waals surface area contributed by atoms with Gasteiger partial charge in [0.15, 0.2) is 0 Å². The molecule has 6 rings (SSSR count). The number of morpholine rings is 1. The van der Waals surface area contributed by atoms with Gasteiger partial charge >= 0.3 is 0 Å². The number of piperidine rings is 1. The van der Waals surface area contributed by atoms with Crippen LogP contribution in [0.15, 0.2) is 66.9 Å². The van der Waals surface area contributed by atoms with Crippen LogP contribution in [0.5, 0.6) is 11.5 Å². The minimum atomic E-state index is -0.896. The average Bonchev–Trinajstić information content (AvgIpc) is 3.16. The minimum absolute atomic E-state index is 0.320. The van der Waals surface area contributed by atoms with Crippen LogP contribution in [0.4, 0.5) is 0 Å². The second-order valence-electron chi connectivity index (χ2n) is 12.4. The monoisotopic (exact) mass is 603 g/mol. The summed E-state index contributed by atoms with van der Waals surface area (Å²) in [5.74, 6) is 1.69. The highest BCUT2D eigenvalue weighted by Gasteiger charge is 2.48. The van der Waals surface area contributed by atoms with Crippen molar-refractivity contribution in [3.8, 4) is 11.5 Å². The lowest BCUT2D eigenvalue weighted by Gasteiger charge is -2.50. The van der Waals surface area contributed by atoms with Crippen molar-refractivity contribution in [3.63, 3.8) is 0 Å². The van der Waals surface area contributed by atoms with Gasteiger partial charge in [0.05, 0.1) is 24.5 Å². The van der Waals surface area contributed by atoms with E-state index in [-0.39, 0.29) is 5.41 Å². The molecule has 2 aromatic carbocycles. The normalized spacial score (nSPS) is 23.2. The molecule has 43 heavy (non-hydrogen) atoms. The van der Waals surface area contributed by atoms with Gasteiger partial charge in [-0.15, -0.1) is 0 Å².